The van der Waals surface area contributed by atoms with E-state index >= 15 is 0 Å². The van der Waals surface area contributed by atoms with E-state index in [0.29, 0.717) is 12.3 Å². The summed E-state index contributed by atoms with van der Waals surface area (Å²) in [5.41, 5.74) is 3.74. The summed E-state index contributed by atoms with van der Waals surface area (Å²) in [7, 11) is 0.902. The minimum Gasteiger partial charge on any atom is -0.361 e. The van der Waals surface area contributed by atoms with Crippen LogP contribution in [-0.4, -0.2) is 45.8 Å². The molecule has 2 aromatic rings. The van der Waals surface area contributed by atoms with Crippen molar-refractivity contribution >= 4 is 51.6 Å². The molecule has 0 amide bonds. The lowest BCUT2D eigenvalue weighted by molar-refractivity contribution is 0.647. The Morgan fingerprint density at radius 3 is 2.58 bits per heavy atom. The summed E-state index contributed by atoms with van der Waals surface area (Å²) < 4.78 is 11.9. The Morgan fingerprint density at radius 2 is 1.92 bits per heavy atom. The summed E-state index contributed by atoms with van der Waals surface area (Å²) >= 11 is 0. The van der Waals surface area contributed by atoms with Crippen LogP contribution in [0.15, 0.2) is 29.4 Å². The second-order valence-corrected chi connectivity index (χ2v) is 9.52. The van der Waals surface area contributed by atoms with E-state index in [0.717, 1.165) is 18.9 Å². The average Bonchev–Trinajstić information content (AvgIpc) is 2.94. The molecule has 1 aromatic carbocycles. The number of aromatic amines is 1. The molecule has 0 radical (unpaired) electrons. The van der Waals surface area contributed by atoms with Gasteiger partial charge in [0.25, 0.3) is 0 Å². The number of hydrogen-bond acceptors (Lipinski definition) is 2. The lowest BCUT2D eigenvalue weighted by Gasteiger charge is -2.18. The van der Waals surface area contributed by atoms with E-state index in [1.807, 2.05) is 20.8 Å². The summed E-state index contributed by atoms with van der Waals surface area (Å²) in [6.07, 6.45) is 2.99. The van der Waals surface area contributed by atoms with Crippen molar-refractivity contribution in [2.24, 2.45) is 4.99 Å². The van der Waals surface area contributed by atoms with Gasteiger partial charge in [0.15, 0.2) is 5.96 Å². The SMILES string of the molecule is CN=C(NCCc1c[nH]c2cc(C)ccc12)NCCS(=O)C(C)(C)C.I. The fraction of sp³-hybridized carbons (Fsp3) is 0.526. The van der Waals surface area contributed by atoms with Gasteiger partial charge in [0.05, 0.1) is 0 Å². The molecule has 0 aliphatic heterocycles. The molecule has 0 bridgehead atoms. The summed E-state index contributed by atoms with van der Waals surface area (Å²) in [5.74, 6) is 1.37. The van der Waals surface area contributed by atoms with Crippen LogP contribution in [0.4, 0.5) is 0 Å². The molecule has 0 fully saturated rings. The maximum Gasteiger partial charge on any atom is 0.191 e. The molecule has 0 saturated heterocycles. The third kappa shape index (κ3) is 6.57. The number of aliphatic imine (C=N–C) groups is 1. The molecule has 1 unspecified atom stereocenters. The quantitative estimate of drug-likeness (QED) is 0.331. The summed E-state index contributed by atoms with van der Waals surface area (Å²) in [6, 6.07) is 6.48. The third-order valence-corrected chi connectivity index (χ3v) is 6.04. The van der Waals surface area contributed by atoms with Crippen LogP contribution in [0.3, 0.4) is 0 Å². The van der Waals surface area contributed by atoms with E-state index in [1.165, 1.54) is 22.0 Å². The van der Waals surface area contributed by atoms with E-state index in [1.54, 1.807) is 7.05 Å². The van der Waals surface area contributed by atoms with Crippen molar-refractivity contribution in [1.29, 1.82) is 0 Å². The van der Waals surface area contributed by atoms with Gasteiger partial charge in [-0.1, -0.05) is 12.1 Å². The highest BCUT2D eigenvalue weighted by molar-refractivity contribution is 14.0. The first kappa shape index (κ1) is 23.0. The standard InChI is InChI=1S/C19H30N4OS.HI/c1-14-6-7-16-15(13-23-17(16)12-14)8-9-21-18(20-5)22-10-11-25(24)19(2,3)4;/h6-7,12-13,23H,8-11H2,1-5H3,(H2,20,21,22);1H. The zero-order valence-electron chi connectivity index (χ0n) is 16.3. The number of H-pyrrole nitrogens is 1. The van der Waals surface area contributed by atoms with Crippen LogP contribution in [0.5, 0.6) is 0 Å². The monoisotopic (exact) mass is 490 g/mol. The zero-order valence-corrected chi connectivity index (χ0v) is 19.5. The van der Waals surface area contributed by atoms with Crippen LogP contribution in [0.2, 0.25) is 0 Å². The molecule has 3 N–H and O–H groups in total. The Hall–Kier alpha value is -1.09. The van der Waals surface area contributed by atoms with Gasteiger partial charge in [0.1, 0.15) is 0 Å². The second-order valence-electron chi connectivity index (χ2n) is 7.20. The van der Waals surface area contributed by atoms with Gasteiger partial charge in [-0.05, 0) is 51.3 Å². The highest BCUT2D eigenvalue weighted by atomic mass is 127. The molecule has 146 valence electrons. The molecule has 1 atom stereocenters. The van der Waals surface area contributed by atoms with Gasteiger partial charge in [-0.15, -0.1) is 24.0 Å². The van der Waals surface area contributed by atoms with Crippen LogP contribution in [0.1, 0.15) is 31.9 Å². The molecule has 1 heterocycles. The first-order valence-electron chi connectivity index (χ1n) is 8.71. The molecular formula is C19H31IN4OS. The lowest BCUT2D eigenvalue weighted by Crippen LogP contribution is -2.41. The molecule has 26 heavy (non-hydrogen) atoms. The Bertz CT molecular complexity index is 764. The fourth-order valence-corrected chi connectivity index (χ4v) is 3.51. The molecule has 5 nitrogen and oxygen atoms in total. The number of benzene rings is 1. The number of aromatic nitrogens is 1. The Balaban J connectivity index is 0.00000338. The average molecular weight is 490 g/mol. The van der Waals surface area contributed by atoms with Gasteiger partial charge >= 0.3 is 0 Å². The topological polar surface area (TPSA) is 69.3 Å². The Morgan fingerprint density at radius 1 is 1.23 bits per heavy atom. The van der Waals surface area contributed by atoms with Crippen molar-refractivity contribution in [3.05, 3.63) is 35.5 Å². The largest absolute Gasteiger partial charge is 0.361 e. The maximum atomic E-state index is 12.1. The number of hydrogen-bond donors (Lipinski definition) is 3. The lowest BCUT2D eigenvalue weighted by atomic mass is 10.1. The number of halogens is 1. The van der Waals surface area contributed by atoms with Crippen molar-refractivity contribution in [2.45, 2.75) is 38.9 Å². The van der Waals surface area contributed by atoms with E-state index < -0.39 is 10.8 Å². The minimum atomic E-state index is -0.853. The molecule has 7 heteroatoms. The van der Waals surface area contributed by atoms with Crippen molar-refractivity contribution in [3.8, 4) is 0 Å². The van der Waals surface area contributed by atoms with Crippen molar-refractivity contribution in [3.63, 3.8) is 0 Å². The van der Waals surface area contributed by atoms with E-state index in [-0.39, 0.29) is 28.7 Å². The summed E-state index contributed by atoms with van der Waals surface area (Å²) in [6.45, 7) is 9.54. The van der Waals surface area contributed by atoms with Gasteiger partial charge in [-0.2, -0.15) is 0 Å². The van der Waals surface area contributed by atoms with E-state index in [4.69, 9.17) is 0 Å². The van der Waals surface area contributed by atoms with Crippen molar-refractivity contribution in [2.75, 3.05) is 25.9 Å². The number of nitrogens with zero attached hydrogens (tertiary/aromatic N) is 1. The number of guanidine groups is 1. The van der Waals surface area contributed by atoms with Gasteiger partial charge in [0, 0.05) is 58.5 Å². The number of rotatable bonds is 6. The molecule has 0 saturated carbocycles. The number of fused-ring (bicyclic) bond motifs is 1. The molecule has 1 aromatic heterocycles. The predicted octanol–water partition coefficient (Wildman–Crippen LogP) is 3.35. The number of nitrogens with one attached hydrogen (secondary N) is 3. The van der Waals surface area contributed by atoms with E-state index in [9.17, 15) is 4.21 Å². The zero-order chi connectivity index (χ0) is 18.4. The van der Waals surface area contributed by atoms with Crippen LogP contribution < -0.4 is 10.6 Å². The van der Waals surface area contributed by atoms with Crippen LogP contribution >= 0.6 is 24.0 Å². The minimum absolute atomic E-state index is 0. The van der Waals surface area contributed by atoms with Crippen LogP contribution in [-0.2, 0) is 17.2 Å². The Kier molecular flexibility index (Phi) is 9.09. The third-order valence-electron chi connectivity index (χ3n) is 4.10. The van der Waals surface area contributed by atoms with Crippen LogP contribution in [0, 0.1) is 6.92 Å². The first-order chi connectivity index (χ1) is 11.8. The van der Waals surface area contributed by atoms with Gasteiger partial charge in [0.2, 0.25) is 0 Å². The van der Waals surface area contributed by atoms with Crippen molar-refractivity contribution in [1.82, 2.24) is 15.6 Å². The van der Waals surface area contributed by atoms with E-state index in [2.05, 4.69) is 51.9 Å². The normalized spacial score (nSPS) is 13.3. The molecule has 0 spiro atoms. The number of aryl methyl sites for hydroxylation is 1. The summed E-state index contributed by atoms with van der Waals surface area (Å²) in [5, 5.41) is 7.83. The smallest absolute Gasteiger partial charge is 0.191 e. The van der Waals surface area contributed by atoms with Crippen LogP contribution in [0.25, 0.3) is 10.9 Å². The highest BCUT2D eigenvalue weighted by Crippen LogP contribution is 2.19. The van der Waals surface area contributed by atoms with Gasteiger partial charge in [-0.25, -0.2) is 0 Å². The Labute approximate surface area is 176 Å². The maximum absolute atomic E-state index is 12.1. The van der Waals surface area contributed by atoms with Gasteiger partial charge < -0.3 is 15.6 Å². The van der Waals surface area contributed by atoms with Gasteiger partial charge in [-0.3, -0.25) is 9.20 Å². The first-order valence-corrected chi connectivity index (χ1v) is 10.0. The van der Waals surface area contributed by atoms with Crippen molar-refractivity contribution < 1.29 is 4.21 Å². The molecular weight excluding hydrogens is 459 g/mol. The second kappa shape index (κ2) is 10.3. The fourth-order valence-electron chi connectivity index (χ4n) is 2.61. The molecule has 0 aliphatic carbocycles. The summed E-state index contributed by atoms with van der Waals surface area (Å²) in [4.78, 5) is 7.56. The highest BCUT2D eigenvalue weighted by Gasteiger charge is 2.18. The predicted molar refractivity (Wildman–Crippen MR) is 124 cm³/mol. The molecule has 2 rings (SSSR count). The molecule has 0 aliphatic rings.